The summed E-state index contributed by atoms with van der Waals surface area (Å²) in [4.78, 5) is 8.48. The van der Waals surface area contributed by atoms with Gasteiger partial charge in [0.25, 0.3) is 0 Å². The normalized spacial score (nSPS) is 21.9. The van der Waals surface area contributed by atoms with E-state index in [1.807, 2.05) is 19.4 Å². The number of nitrogens with one attached hydrogen (secondary N) is 2. The summed E-state index contributed by atoms with van der Waals surface area (Å²) in [6, 6.07) is 2.67. The molecule has 22 heavy (non-hydrogen) atoms. The second-order valence-electron chi connectivity index (χ2n) is 6.16. The van der Waals surface area contributed by atoms with Crippen LogP contribution in [0.4, 0.5) is 0 Å². The molecule has 4 nitrogen and oxygen atoms in total. The summed E-state index contributed by atoms with van der Waals surface area (Å²) in [6.45, 7) is 5.35. The van der Waals surface area contributed by atoms with Crippen molar-refractivity contribution in [1.82, 2.24) is 15.6 Å². The molecule has 0 aliphatic heterocycles. The van der Waals surface area contributed by atoms with Crippen LogP contribution in [0.15, 0.2) is 23.5 Å². The number of rotatable bonds is 4. The number of pyridine rings is 1. The maximum atomic E-state index is 4.34. The Labute approximate surface area is 151 Å². The molecule has 1 saturated carbocycles. The van der Waals surface area contributed by atoms with Crippen LogP contribution in [0.1, 0.15) is 43.7 Å². The number of aromatic nitrogens is 1. The molecule has 0 radical (unpaired) electrons. The molecule has 0 saturated heterocycles. The van der Waals surface area contributed by atoms with Crippen molar-refractivity contribution < 1.29 is 0 Å². The van der Waals surface area contributed by atoms with Crippen LogP contribution in [0.2, 0.25) is 0 Å². The van der Waals surface area contributed by atoms with Crippen molar-refractivity contribution in [1.29, 1.82) is 0 Å². The number of hydrogen-bond acceptors (Lipinski definition) is 2. The van der Waals surface area contributed by atoms with Gasteiger partial charge in [-0.3, -0.25) is 9.98 Å². The molecule has 5 heteroatoms. The molecule has 1 aliphatic rings. The summed E-state index contributed by atoms with van der Waals surface area (Å²) < 4.78 is 0. The Morgan fingerprint density at radius 1 is 1.41 bits per heavy atom. The molecule has 124 valence electrons. The zero-order valence-electron chi connectivity index (χ0n) is 13.9. The minimum atomic E-state index is 0. The molecular formula is C17H29IN4. The van der Waals surface area contributed by atoms with E-state index in [2.05, 4.69) is 40.5 Å². The second kappa shape index (κ2) is 10.0. The van der Waals surface area contributed by atoms with Crippen molar-refractivity contribution in [3.63, 3.8) is 0 Å². The Balaban J connectivity index is 0.00000242. The van der Waals surface area contributed by atoms with E-state index in [4.69, 9.17) is 0 Å². The topological polar surface area (TPSA) is 49.3 Å². The average molecular weight is 416 g/mol. The van der Waals surface area contributed by atoms with Crippen LogP contribution in [-0.4, -0.2) is 30.6 Å². The smallest absolute Gasteiger partial charge is 0.191 e. The highest BCUT2D eigenvalue weighted by atomic mass is 127. The Morgan fingerprint density at radius 3 is 2.91 bits per heavy atom. The highest BCUT2D eigenvalue weighted by Gasteiger charge is 2.19. The molecule has 0 spiro atoms. The lowest BCUT2D eigenvalue weighted by Crippen LogP contribution is -2.45. The van der Waals surface area contributed by atoms with Crippen LogP contribution >= 0.6 is 24.0 Å². The van der Waals surface area contributed by atoms with Gasteiger partial charge in [0.05, 0.1) is 0 Å². The molecule has 1 heterocycles. The lowest BCUT2D eigenvalue weighted by Gasteiger charge is -2.28. The van der Waals surface area contributed by atoms with Crippen LogP contribution in [0.5, 0.6) is 0 Å². The number of nitrogens with zero attached hydrogens (tertiary/aromatic N) is 2. The molecule has 2 atom stereocenters. The summed E-state index contributed by atoms with van der Waals surface area (Å²) in [5.74, 6) is 1.76. The summed E-state index contributed by atoms with van der Waals surface area (Å²) >= 11 is 0. The first-order valence-electron chi connectivity index (χ1n) is 8.05. The monoisotopic (exact) mass is 416 g/mol. The zero-order chi connectivity index (χ0) is 15.1. The molecule has 0 bridgehead atoms. The summed E-state index contributed by atoms with van der Waals surface area (Å²) in [6.07, 6.45) is 9.98. The van der Waals surface area contributed by atoms with E-state index in [0.29, 0.717) is 6.04 Å². The van der Waals surface area contributed by atoms with Gasteiger partial charge in [-0.15, -0.1) is 24.0 Å². The van der Waals surface area contributed by atoms with Gasteiger partial charge >= 0.3 is 0 Å². The van der Waals surface area contributed by atoms with E-state index in [1.165, 1.54) is 36.8 Å². The van der Waals surface area contributed by atoms with Crippen LogP contribution in [-0.2, 0) is 6.42 Å². The predicted molar refractivity (Wildman–Crippen MR) is 104 cm³/mol. The molecule has 0 amide bonds. The Morgan fingerprint density at radius 2 is 2.23 bits per heavy atom. The van der Waals surface area contributed by atoms with Crippen LogP contribution in [0.25, 0.3) is 0 Å². The fraction of sp³-hybridized carbons (Fsp3) is 0.647. The number of aryl methyl sites for hydroxylation is 1. The lowest BCUT2D eigenvalue weighted by atomic mass is 9.87. The largest absolute Gasteiger partial charge is 0.356 e. The summed E-state index contributed by atoms with van der Waals surface area (Å²) in [5.41, 5.74) is 2.60. The predicted octanol–water partition coefficient (Wildman–Crippen LogP) is 3.29. The Kier molecular flexibility index (Phi) is 8.75. The molecule has 0 aromatic carbocycles. The fourth-order valence-electron chi connectivity index (χ4n) is 3.05. The van der Waals surface area contributed by atoms with E-state index >= 15 is 0 Å². The van der Waals surface area contributed by atoms with Crippen LogP contribution < -0.4 is 10.6 Å². The standard InChI is InChI=1S/C17H28N4.HI/c1-13-5-4-6-16(11-13)21-17(18-3)20-10-8-15-7-9-19-12-14(15)2;/h7,9,12-13,16H,4-6,8,10-11H2,1-3H3,(H2,18,20,21);1H. The van der Waals surface area contributed by atoms with Gasteiger partial charge in [-0.2, -0.15) is 0 Å². The van der Waals surface area contributed by atoms with Gasteiger partial charge in [-0.05, 0) is 49.3 Å². The minimum Gasteiger partial charge on any atom is -0.356 e. The quantitative estimate of drug-likeness (QED) is 0.450. The van der Waals surface area contributed by atoms with Gasteiger partial charge in [0.1, 0.15) is 0 Å². The SMILES string of the molecule is CN=C(NCCc1ccncc1C)NC1CCCC(C)C1.I. The Hall–Kier alpha value is -0.850. The van der Waals surface area contributed by atoms with Crippen molar-refractivity contribution in [2.45, 2.75) is 52.0 Å². The third-order valence-electron chi connectivity index (χ3n) is 4.32. The van der Waals surface area contributed by atoms with Crippen molar-refractivity contribution >= 4 is 29.9 Å². The van der Waals surface area contributed by atoms with Crippen molar-refractivity contribution in [2.24, 2.45) is 10.9 Å². The highest BCUT2D eigenvalue weighted by Crippen LogP contribution is 2.23. The molecular weight excluding hydrogens is 387 g/mol. The van der Waals surface area contributed by atoms with E-state index in [0.717, 1.165) is 24.8 Å². The molecule has 2 unspecified atom stereocenters. The maximum absolute atomic E-state index is 4.34. The van der Waals surface area contributed by atoms with E-state index in [1.54, 1.807) is 0 Å². The lowest BCUT2D eigenvalue weighted by molar-refractivity contribution is 0.324. The molecule has 1 aliphatic carbocycles. The number of aliphatic imine (C=N–C) groups is 1. The van der Waals surface area contributed by atoms with Crippen molar-refractivity contribution in [3.05, 3.63) is 29.6 Å². The minimum absolute atomic E-state index is 0. The van der Waals surface area contributed by atoms with Gasteiger partial charge in [0.2, 0.25) is 0 Å². The molecule has 1 fully saturated rings. The van der Waals surface area contributed by atoms with Gasteiger partial charge < -0.3 is 10.6 Å². The maximum Gasteiger partial charge on any atom is 0.191 e. The fourth-order valence-corrected chi connectivity index (χ4v) is 3.05. The number of guanidine groups is 1. The average Bonchev–Trinajstić information content (AvgIpc) is 2.48. The van der Waals surface area contributed by atoms with Crippen molar-refractivity contribution in [3.8, 4) is 0 Å². The van der Waals surface area contributed by atoms with Gasteiger partial charge in [-0.25, -0.2) is 0 Å². The van der Waals surface area contributed by atoms with Gasteiger partial charge in [0, 0.05) is 32.0 Å². The number of hydrogen-bond donors (Lipinski definition) is 2. The second-order valence-corrected chi connectivity index (χ2v) is 6.16. The summed E-state index contributed by atoms with van der Waals surface area (Å²) in [7, 11) is 1.85. The van der Waals surface area contributed by atoms with Gasteiger partial charge in [-0.1, -0.05) is 19.8 Å². The Bertz CT molecular complexity index is 475. The molecule has 1 aromatic rings. The van der Waals surface area contributed by atoms with Crippen LogP contribution in [0.3, 0.4) is 0 Å². The molecule has 1 aromatic heterocycles. The van der Waals surface area contributed by atoms with Crippen molar-refractivity contribution in [2.75, 3.05) is 13.6 Å². The van der Waals surface area contributed by atoms with Crippen LogP contribution in [0, 0.1) is 12.8 Å². The molecule has 2 rings (SSSR count). The first-order chi connectivity index (χ1) is 10.2. The van der Waals surface area contributed by atoms with E-state index in [9.17, 15) is 0 Å². The summed E-state index contributed by atoms with van der Waals surface area (Å²) in [5, 5.41) is 6.99. The molecule has 2 N–H and O–H groups in total. The number of halogens is 1. The van der Waals surface area contributed by atoms with E-state index in [-0.39, 0.29) is 24.0 Å². The van der Waals surface area contributed by atoms with Gasteiger partial charge in [0.15, 0.2) is 5.96 Å². The van der Waals surface area contributed by atoms with E-state index < -0.39 is 0 Å². The third kappa shape index (κ3) is 6.10. The third-order valence-corrected chi connectivity index (χ3v) is 4.32. The first-order valence-corrected chi connectivity index (χ1v) is 8.05. The first kappa shape index (κ1) is 19.2. The zero-order valence-corrected chi connectivity index (χ0v) is 16.3. The highest BCUT2D eigenvalue weighted by molar-refractivity contribution is 14.0.